The maximum absolute atomic E-state index is 5.87. The number of nitrogens with one attached hydrogen (secondary N) is 1. The fourth-order valence-corrected chi connectivity index (χ4v) is 1.38. The Balaban J connectivity index is 2.44. The first-order valence-electron chi connectivity index (χ1n) is 3.92. The van der Waals surface area contributed by atoms with Gasteiger partial charge in [-0.05, 0) is 0 Å². The highest BCUT2D eigenvalue weighted by Gasteiger charge is 2.14. The quantitative estimate of drug-likeness (QED) is 0.747. The maximum atomic E-state index is 5.87. The second-order valence-corrected chi connectivity index (χ2v) is 3.01. The minimum atomic E-state index is 0.415. The summed E-state index contributed by atoms with van der Waals surface area (Å²) in [5, 5.41) is 3.55. The van der Waals surface area contributed by atoms with Crippen LogP contribution in [-0.2, 0) is 0 Å². The van der Waals surface area contributed by atoms with E-state index in [1.807, 2.05) is 0 Å². The molecule has 1 aliphatic rings. The molecule has 0 saturated carbocycles. The van der Waals surface area contributed by atoms with Gasteiger partial charge in [0.2, 0.25) is 5.88 Å². The molecule has 0 amide bonds. The molecule has 1 aromatic heterocycles. The van der Waals surface area contributed by atoms with E-state index in [9.17, 15) is 0 Å². The van der Waals surface area contributed by atoms with Gasteiger partial charge in [-0.1, -0.05) is 11.6 Å². The number of hydrogen-bond acceptors (Lipinski definition) is 4. The lowest BCUT2D eigenvalue weighted by atomic mass is 10.3. The minimum Gasteiger partial charge on any atom is -0.488 e. The van der Waals surface area contributed by atoms with E-state index in [1.165, 1.54) is 7.11 Å². The van der Waals surface area contributed by atoms with E-state index >= 15 is 0 Å². The molecule has 0 spiro atoms. The highest BCUT2D eigenvalue weighted by atomic mass is 35.5. The molecule has 1 N–H and O–H groups in total. The smallest absolute Gasteiger partial charge is 0.234 e. The first-order chi connectivity index (χ1) is 6.31. The Kier molecular flexibility index (Phi) is 2.14. The van der Waals surface area contributed by atoms with Crippen LogP contribution >= 0.6 is 11.6 Å². The minimum absolute atomic E-state index is 0.415. The molecule has 2 heterocycles. The van der Waals surface area contributed by atoms with E-state index in [-0.39, 0.29) is 0 Å². The van der Waals surface area contributed by atoms with Crippen LogP contribution in [0, 0.1) is 0 Å². The number of halogens is 1. The standard InChI is InChI=1S/C8H9ClN2O2/c1-12-8-5(9)4-6-7(11-8)10-2-3-13-6/h4H,2-3H2,1H3,(H,10,11). The highest BCUT2D eigenvalue weighted by Crippen LogP contribution is 2.33. The van der Waals surface area contributed by atoms with Crippen LogP contribution in [0.1, 0.15) is 0 Å². The Bertz CT molecular complexity index is 330. The largest absolute Gasteiger partial charge is 0.488 e. The third-order valence-electron chi connectivity index (χ3n) is 1.75. The summed E-state index contributed by atoms with van der Waals surface area (Å²) in [6.45, 7) is 1.39. The Morgan fingerprint density at radius 2 is 2.54 bits per heavy atom. The van der Waals surface area contributed by atoms with Gasteiger partial charge in [0.1, 0.15) is 11.6 Å². The van der Waals surface area contributed by atoms with E-state index < -0.39 is 0 Å². The van der Waals surface area contributed by atoms with Gasteiger partial charge in [0.15, 0.2) is 11.6 Å². The van der Waals surface area contributed by atoms with Crippen LogP contribution in [0.2, 0.25) is 5.02 Å². The fraction of sp³-hybridized carbons (Fsp3) is 0.375. The predicted octanol–water partition coefficient (Wildman–Crippen LogP) is 1.55. The summed E-state index contributed by atoms with van der Waals surface area (Å²) in [6.07, 6.45) is 0. The van der Waals surface area contributed by atoms with Gasteiger partial charge in [-0.3, -0.25) is 0 Å². The molecular weight excluding hydrogens is 192 g/mol. The lowest BCUT2D eigenvalue weighted by molar-refractivity contribution is 0.318. The van der Waals surface area contributed by atoms with Crippen molar-refractivity contribution < 1.29 is 9.47 Å². The van der Waals surface area contributed by atoms with E-state index in [0.29, 0.717) is 29.1 Å². The van der Waals surface area contributed by atoms with Crippen LogP contribution in [0.5, 0.6) is 11.6 Å². The summed E-state index contributed by atoms with van der Waals surface area (Å²) < 4.78 is 10.3. The Morgan fingerprint density at radius 1 is 1.69 bits per heavy atom. The summed E-state index contributed by atoms with van der Waals surface area (Å²) >= 11 is 5.87. The Labute approximate surface area is 80.8 Å². The highest BCUT2D eigenvalue weighted by molar-refractivity contribution is 6.32. The van der Waals surface area contributed by atoms with Crippen molar-refractivity contribution in [3.63, 3.8) is 0 Å². The third kappa shape index (κ3) is 1.49. The van der Waals surface area contributed by atoms with Crippen LogP contribution < -0.4 is 14.8 Å². The van der Waals surface area contributed by atoms with Crippen LogP contribution in [0.25, 0.3) is 0 Å². The molecule has 0 unspecified atom stereocenters. The van der Waals surface area contributed by atoms with Gasteiger partial charge in [-0.15, -0.1) is 0 Å². The van der Waals surface area contributed by atoms with Crippen LogP contribution in [-0.4, -0.2) is 25.2 Å². The molecule has 0 aliphatic carbocycles. The number of methoxy groups -OCH3 is 1. The van der Waals surface area contributed by atoms with Crippen LogP contribution in [0.4, 0.5) is 5.82 Å². The molecule has 0 radical (unpaired) electrons. The van der Waals surface area contributed by atoms with E-state index in [4.69, 9.17) is 21.1 Å². The molecule has 0 fully saturated rings. The lowest BCUT2D eigenvalue weighted by Crippen LogP contribution is -2.19. The first-order valence-corrected chi connectivity index (χ1v) is 4.30. The summed E-state index contributed by atoms with van der Waals surface area (Å²) in [4.78, 5) is 4.14. The zero-order valence-corrected chi connectivity index (χ0v) is 7.89. The fourth-order valence-electron chi connectivity index (χ4n) is 1.17. The molecular formula is C8H9ClN2O2. The molecule has 4 nitrogen and oxygen atoms in total. The molecule has 0 bridgehead atoms. The number of nitrogens with zero attached hydrogens (tertiary/aromatic N) is 1. The van der Waals surface area contributed by atoms with Gasteiger partial charge >= 0.3 is 0 Å². The number of fused-ring (bicyclic) bond motifs is 1. The third-order valence-corrected chi connectivity index (χ3v) is 2.03. The molecule has 5 heteroatoms. The van der Waals surface area contributed by atoms with Gasteiger partial charge in [0, 0.05) is 6.07 Å². The van der Waals surface area contributed by atoms with Crippen LogP contribution in [0.15, 0.2) is 6.07 Å². The Morgan fingerprint density at radius 3 is 3.31 bits per heavy atom. The zero-order chi connectivity index (χ0) is 9.26. The second-order valence-electron chi connectivity index (χ2n) is 2.60. The van der Waals surface area contributed by atoms with Gasteiger partial charge in [0.05, 0.1) is 13.7 Å². The molecule has 0 atom stereocenters. The van der Waals surface area contributed by atoms with Crippen LogP contribution in [0.3, 0.4) is 0 Å². The summed E-state index contributed by atoms with van der Waals surface area (Å²) in [5.74, 6) is 1.78. The van der Waals surface area contributed by atoms with E-state index in [1.54, 1.807) is 6.07 Å². The molecule has 1 aliphatic heterocycles. The van der Waals surface area contributed by atoms with Gasteiger partial charge < -0.3 is 14.8 Å². The van der Waals surface area contributed by atoms with Crippen molar-refractivity contribution in [2.24, 2.45) is 0 Å². The number of anilines is 1. The van der Waals surface area contributed by atoms with Crippen molar-refractivity contribution in [3.05, 3.63) is 11.1 Å². The topological polar surface area (TPSA) is 43.4 Å². The first kappa shape index (κ1) is 8.44. The van der Waals surface area contributed by atoms with E-state index in [2.05, 4.69) is 10.3 Å². The molecule has 70 valence electrons. The molecule has 13 heavy (non-hydrogen) atoms. The normalized spacial score (nSPS) is 14.0. The van der Waals surface area contributed by atoms with Crippen molar-refractivity contribution in [2.75, 3.05) is 25.6 Å². The zero-order valence-electron chi connectivity index (χ0n) is 7.13. The number of hydrogen-bond donors (Lipinski definition) is 1. The van der Waals surface area contributed by atoms with Crippen molar-refractivity contribution >= 4 is 17.4 Å². The van der Waals surface area contributed by atoms with Gasteiger partial charge in [-0.2, -0.15) is 4.98 Å². The molecule has 2 rings (SSSR count). The number of aromatic nitrogens is 1. The SMILES string of the molecule is COc1nc2c(cc1Cl)OCCN2. The lowest BCUT2D eigenvalue weighted by Gasteiger charge is -2.18. The van der Waals surface area contributed by atoms with Crippen molar-refractivity contribution in [1.82, 2.24) is 4.98 Å². The van der Waals surface area contributed by atoms with Gasteiger partial charge in [0.25, 0.3) is 0 Å². The average molecular weight is 201 g/mol. The molecule has 0 aromatic carbocycles. The number of rotatable bonds is 1. The number of pyridine rings is 1. The van der Waals surface area contributed by atoms with Crippen molar-refractivity contribution in [2.45, 2.75) is 0 Å². The average Bonchev–Trinajstić information content (AvgIpc) is 2.17. The summed E-state index contributed by atoms with van der Waals surface area (Å²) in [7, 11) is 1.53. The monoisotopic (exact) mass is 200 g/mol. The van der Waals surface area contributed by atoms with Gasteiger partial charge in [-0.25, -0.2) is 0 Å². The number of ether oxygens (including phenoxy) is 2. The summed E-state index contributed by atoms with van der Waals surface area (Å²) in [6, 6.07) is 1.70. The Hall–Kier alpha value is -1.16. The van der Waals surface area contributed by atoms with E-state index in [0.717, 1.165) is 6.54 Å². The molecule has 0 saturated heterocycles. The predicted molar refractivity (Wildman–Crippen MR) is 49.8 cm³/mol. The van der Waals surface area contributed by atoms with Crippen molar-refractivity contribution in [3.8, 4) is 11.6 Å². The molecule has 1 aromatic rings. The van der Waals surface area contributed by atoms with Crippen molar-refractivity contribution in [1.29, 1.82) is 0 Å². The maximum Gasteiger partial charge on any atom is 0.234 e. The summed E-state index contributed by atoms with van der Waals surface area (Å²) in [5.41, 5.74) is 0. The second kappa shape index (κ2) is 3.30.